The minimum atomic E-state index is -1.83. The van der Waals surface area contributed by atoms with Crippen LogP contribution in [0.25, 0.3) is 0 Å². The predicted molar refractivity (Wildman–Crippen MR) is 173 cm³/mol. The topological polar surface area (TPSA) is 54.0 Å². The van der Waals surface area contributed by atoms with Gasteiger partial charge in [-0.2, -0.15) is 0 Å². The van der Waals surface area contributed by atoms with Gasteiger partial charge in [0.25, 0.3) is 0 Å². The molecule has 5 nitrogen and oxygen atoms in total. The summed E-state index contributed by atoms with van der Waals surface area (Å²) in [5.74, 6) is 0.392. The first-order valence-electron chi connectivity index (χ1n) is 16.8. The van der Waals surface area contributed by atoms with Crippen molar-refractivity contribution in [2.24, 2.45) is 11.8 Å². The highest BCUT2D eigenvalue weighted by Crippen LogP contribution is 2.46. The molecular formula is C33H61FO5Si2. The summed E-state index contributed by atoms with van der Waals surface area (Å²) in [6.45, 7) is 16.0. The summed E-state index contributed by atoms with van der Waals surface area (Å²) in [5, 5.41) is 0. The van der Waals surface area contributed by atoms with E-state index in [0.717, 1.165) is 49.1 Å². The van der Waals surface area contributed by atoms with Crippen LogP contribution in [0, 0.1) is 11.8 Å². The second kappa shape index (κ2) is 18.0. The van der Waals surface area contributed by atoms with Crippen molar-refractivity contribution in [2.45, 2.75) is 161 Å². The molecule has 6 atom stereocenters. The van der Waals surface area contributed by atoms with Gasteiger partial charge in [0.2, 0.25) is 0 Å². The molecule has 0 saturated heterocycles. The van der Waals surface area contributed by atoms with Gasteiger partial charge in [-0.25, -0.2) is 4.39 Å². The number of hydrogen-bond acceptors (Lipinski definition) is 5. The zero-order chi connectivity index (χ0) is 30.5. The number of methoxy groups -OCH3 is 1. The molecular weight excluding hydrogens is 552 g/mol. The number of allylic oxidation sites excluding steroid dienone is 1. The van der Waals surface area contributed by atoms with E-state index in [1.54, 1.807) is 0 Å². The number of hydrogen-bond donors (Lipinski definition) is 0. The van der Waals surface area contributed by atoms with E-state index in [1.807, 2.05) is 6.08 Å². The number of rotatable bonds is 21. The molecule has 1 fully saturated rings. The Hall–Kier alpha value is -0.966. The number of esters is 1. The van der Waals surface area contributed by atoms with Crippen LogP contribution >= 0.6 is 0 Å². The van der Waals surface area contributed by atoms with Gasteiger partial charge >= 0.3 is 5.97 Å². The summed E-state index contributed by atoms with van der Waals surface area (Å²) < 4.78 is 40.3. The van der Waals surface area contributed by atoms with Crippen LogP contribution in [0.2, 0.25) is 36.3 Å². The van der Waals surface area contributed by atoms with E-state index in [4.69, 9.17) is 18.3 Å². The molecule has 8 heteroatoms. The third-order valence-corrected chi connectivity index (χ3v) is 19.4. The average Bonchev–Trinajstić information content (AvgIpc) is 3.55. The second-order valence-corrected chi connectivity index (χ2v) is 21.7. The minimum absolute atomic E-state index is 0.0596. The smallest absolute Gasteiger partial charge is 0.305 e. The zero-order valence-electron chi connectivity index (χ0n) is 27.5. The Bertz CT molecular complexity index is 810. The third kappa shape index (κ3) is 10.0. The standard InChI is InChI=1S/C33H61FO5Si2/c1-9-16-17-19-26(38-40(10-2,11-3)12-4)22-23-27-28-24-32(29(34)20-18-21-33(35)36-8)37-30(28)25-31(27)39-41(13-5,14-6)15-7/h22-24,26-31H,9-21,25H2,1-8H3/b23-22+/t26-,27?,28+,29+,30-,31+/m0/s1. The van der Waals surface area contributed by atoms with Crippen LogP contribution in [0.4, 0.5) is 4.39 Å². The maximum absolute atomic E-state index is 15.2. The van der Waals surface area contributed by atoms with Crippen LogP contribution in [0.15, 0.2) is 24.0 Å². The fraction of sp³-hybridized carbons (Fsp3) is 0.848. The van der Waals surface area contributed by atoms with Crippen molar-refractivity contribution in [2.75, 3.05) is 7.11 Å². The van der Waals surface area contributed by atoms with Gasteiger partial charge in [-0.05, 0) is 61.6 Å². The molecule has 0 radical (unpaired) electrons. The van der Waals surface area contributed by atoms with Crippen LogP contribution in [0.1, 0.15) is 99.8 Å². The first kappa shape index (κ1) is 36.2. The van der Waals surface area contributed by atoms with Crippen LogP contribution in [0.3, 0.4) is 0 Å². The Kier molecular flexibility index (Phi) is 15.9. The summed E-state index contributed by atoms with van der Waals surface area (Å²) >= 11 is 0. The Labute approximate surface area is 253 Å². The molecule has 1 saturated carbocycles. The molecule has 0 spiro atoms. The first-order chi connectivity index (χ1) is 19.7. The maximum Gasteiger partial charge on any atom is 0.305 e. The highest BCUT2D eigenvalue weighted by molar-refractivity contribution is 6.74. The monoisotopic (exact) mass is 612 g/mol. The molecule has 2 rings (SSSR count). The van der Waals surface area contributed by atoms with Crippen molar-refractivity contribution < 1.29 is 27.5 Å². The van der Waals surface area contributed by atoms with E-state index < -0.39 is 22.8 Å². The normalized spacial score (nSPS) is 24.3. The quantitative estimate of drug-likeness (QED) is 0.0559. The second-order valence-electron chi connectivity index (χ2n) is 12.2. The van der Waals surface area contributed by atoms with E-state index in [1.165, 1.54) is 26.4 Å². The number of unbranched alkanes of at least 4 members (excludes halogenated alkanes) is 2. The molecule has 2 aliphatic rings. The van der Waals surface area contributed by atoms with Crippen molar-refractivity contribution in [3.8, 4) is 0 Å². The van der Waals surface area contributed by atoms with Crippen molar-refractivity contribution in [1.29, 1.82) is 0 Å². The lowest BCUT2D eigenvalue weighted by atomic mass is 9.92. The Morgan fingerprint density at radius 3 is 2.17 bits per heavy atom. The number of carbonyl (C=O) groups excluding carboxylic acids is 1. The first-order valence-corrected chi connectivity index (χ1v) is 21.9. The van der Waals surface area contributed by atoms with Crippen LogP contribution in [-0.2, 0) is 23.1 Å². The Morgan fingerprint density at radius 1 is 0.976 bits per heavy atom. The van der Waals surface area contributed by atoms with Gasteiger partial charge in [0.05, 0.1) is 19.3 Å². The zero-order valence-corrected chi connectivity index (χ0v) is 29.5. The van der Waals surface area contributed by atoms with Crippen molar-refractivity contribution in [1.82, 2.24) is 0 Å². The molecule has 0 aromatic carbocycles. The molecule has 1 heterocycles. The number of ether oxygens (including phenoxy) is 2. The number of alkyl halides is 1. The molecule has 0 amide bonds. The lowest BCUT2D eigenvalue weighted by Crippen LogP contribution is -2.41. The molecule has 41 heavy (non-hydrogen) atoms. The molecule has 1 aliphatic heterocycles. The van der Waals surface area contributed by atoms with Gasteiger partial charge in [-0.1, -0.05) is 79.9 Å². The van der Waals surface area contributed by atoms with E-state index in [2.05, 4.69) is 60.6 Å². The third-order valence-electron chi connectivity index (χ3n) is 10.1. The predicted octanol–water partition coefficient (Wildman–Crippen LogP) is 9.50. The van der Waals surface area contributed by atoms with Crippen molar-refractivity contribution in [3.63, 3.8) is 0 Å². The van der Waals surface area contributed by atoms with Gasteiger partial charge in [-0.3, -0.25) is 4.79 Å². The van der Waals surface area contributed by atoms with Crippen molar-refractivity contribution >= 4 is 22.6 Å². The molecule has 1 unspecified atom stereocenters. The van der Waals surface area contributed by atoms with Gasteiger partial charge in [0.1, 0.15) is 11.9 Å². The highest BCUT2D eigenvalue weighted by atomic mass is 28.4. The van der Waals surface area contributed by atoms with E-state index >= 15 is 4.39 Å². The summed E-state index contributed by atoms with van der Waals surface area (Å²) in [6, 6.07) is 6.75. The van der Waals surface area contributed by atoms with E-state index in [-0.39, 0.29) is 49.0 Å². The fourth-order valence-electron chi connectivity index (χ4n) is 6.70. The Balaban J connectivity index is 2.32. The van der Waals surface area contributed by atoms with Gasteiger partial charge < -0.3 is 18.3 Å². The van der Waals surface area contributed by atoms with Crippen LogP contribution < -0.4 is 0 Å². The van der Waals surface area contributed by atoms with Gasteiger partial charge in [0, 0.05) is 24.7 Å². The van der Waals surface area contributed by atoms with Crippen LogP contribution in [0.5, 0.6) is 0 Å². The van der Waals surface area contributed by atoms with E-state index in [9.17, 15) is 4.79 Å². The summed E-state index contributed by atoms with van der Waals surface area (Å²) in [4.78, 5) is 11.5. The number of fused-ring (bicyclic) bond motifs is 1. The largest absolute Gasteiger partial charge is 0.491 e. The molecule has 0 N–H and O–H groups in total. The fourth-order valence-corrected chi connectivity index (χ4v) is 12.4. The molecule has 0 aromatic heterocycles. The summed E-state index contributed by atoms with van der Waals surface area (Å²) in [7, 11) is -2.23. The van der Waals surface area contributed by atoms with Crippen LogP contribution in [-0.4, -0.2) is 54.2 Å². The van der Waals surface area contributed by atoms with Gasteiger partial charge in [0.15, 0.2) is 22.8 Å². The molecule has 0 aromatic rings. The number of carbonyl (C=O) groups is 1. The highest BCUT2D eigenvalue weighted by Gasteiger charge is 2.49. The lowest BCUT2D eigenvalue weighted by Gasteiger charge is -2.35. The molecule has 238 valence electrons. The summed E-state index contributed by atoms with van der Waals surface area (Å²) in [6.07, 6.45) is 12.1. The minimum Gasteiger partial charge on any atom is -0.491 e. The molecule has 0 bridgehead atoms. The number of halogens is 1. The SMILES string of the molecule is CCCCC[C@@H](/C=C/C1[C@H]2C=C([C@H](F)CCCC(=O)OC)O[C@H]2C[C@H]1O[Si](CC)(CC)CC)O[Si](CC)(CC)CC. The summed E-state index contributed by atoms with van der Waals surface area (Å²) in [5.41, 5.74) is 0. The van der Waals surface area contributed by atoms with Gasteiger partial charge in [-0.15, -0.1) is 0 Å². The maximum atomic E-state index is 15.2. The van der Waals surface area contributed by atoms with Crippen molar-refractivity contribution in [3.05, 3.63) is 24.0 Å². The average molecular weight is 613 g/mol. The molecule has 1 aliphatic carbocycles. The lowest BCUT2D eigenvalue weighted by molar-refractivity contribution is -0.140. The Morgan fingerprint density at radius 2 is 1.61 bits per heavy atom. The van der Waals surface area contributed by atoms with E-state index in [0.29, 0.717) is 12.2 Å².